The first-order valence-electron chi connectivity index (χ1n) is 9.37. The van der Waals surface area contributed by atoms with Crippen molar-refractivity contribution in [1.82, 2.24) is 20.0 Å². The van der Waals surface area contributed by atoms with Crippen molar-refractivity contribution in [3.8, 4) is 11.3 Å². The van der Waals surface area contributed by atoms with E-state index in [0.29, 0.717) is 10.1 Å². The van der Waals surface area contributed by atoms with Gasteiger partial charge in [-0.3, -0.25) is 4.79 Å². The molecule has 4 rings (SSSR count). The molecule has 0 atom stereocenters. The Balaban J connectivity index is 1.68. The number of hydrogen-bond acceptors (Lipinski definition) is 4. The SMILES string of the molecule is O=C(N/N=C\c1c(F)c(F)c(F)c(F)c1F)c1cc2nc(-c3ccccc3)cc(C(F)(F)F)n2n1. The topological polar surface area (TPSA) is 71.7 Å². The van der Waals surface area contributed by atoms with E-state index in [1.807, 2.05) is 0 Å². The maximum absolute atomic E-state index is 13.7. The van der Waals surface area contributed by atoms with Crippen molar-refractivity contribution in [1.29, 1.82) is 0 Å². The van der Waals surface area contributed by atoms with Crippen molar-refractivity contribution in [2.75, 3.05) is 0 Å². The average Bonchev–Trinajstić information content (AvgIpc) is 3.27. The molecule has 14 heteroatoms. The zero-order valence-corrected chi connectivity index (χ0v) is 16.8. The van der Waals surface area contributed by atoms with Crippen LogP contribution in [-0.4, -0.2) is 26.7 Å². The summed E-state index contributed by atoms with van der Waals surface area (Å²) in [5, 5.41) is 6.65. The second kappa shape index (κ2) is 8.77. The van der Waals surface area contributed by atoms with Crippen LogP contribution in [0.1, 0.15) is 21.7 Å². The van der Waals surface area contributed by atoms with Gasteiger partial charge < -0.3 is 0 Å². The second-order valence-corrected chi connectivity index (χ2v) is 6.87. The zero-order valence-electron chi connectivity index (χ0n) is 16.8. The molecule has 6 nitrogen and oxygen atoms in total. The normalized spacial score (nSPS) is 12.0. The number of alkyl halides is 3. The van der Waals surface area contributed by atoms with Crippen LogP contribution in [-0.2, 0) is 6.18 Å². The third kappa shape index (κ3) is 4.41. The summed E-state index contributed by atoms with van der Waals surface area (Å²) in [6, 6.07) is 9.51. The largest absolute Gasteiger partial charge is 0.433 e. The maximum Gasteiger partial charge on any atom is 0.433 e. The molecule has 2 heterocycles. The number of hydrogen-bond donors (Lipinski definition) is 1. The van der Waals surface area contributed by atoms with Gasteiger partial charge in [-0.15, -0.1) is 0 Å². The molecule has 2 aromatic heterocycles. The Morgan fingerprint density at radius 3 is 2.11 bits per heavy atom. The lowest BCUT2D eigenvalue weighted by molar-refractivity contribution is -0.142. The number of carbonyl (C=O) groups excluding carboxylic acids is 1. The molecule has 0 aliphatic heterocycles. The monoisotopic (exact) mass is 499 g/mol. The Kier molecular flexibility index (Phi) is 5.96. The number of nitrogens with zero attached hydrogens (tertiary/aromatic N) is 4. The first kappa shape index (κ1) is 23.8. The molecule has 1 N–H and O–H groups in total. The third-order valence-electron chi connectivity index (χ3n) is 4.62. The Morgan fingerprint density at radius 2 is 1.51 bits per heavy atom. The van der Waals surface area contributed by atoms with Crippen LogP contribution in [0.5, 0.6) is 0 Å². The fraction of sp³-hybridized carbons (Fsp3) is 0.0476. The van der Waals surface area contributed by atoms with E-state index in [-0.39, 0.29) is 17.6 Å². The van der Waals surface area contributed by atoms with E-state index >= 15 is 0 Å². The summed E-state index contributed by atoms with van der Waals surface area (Å²) in [7, 11) is 0. The third-order valence-corrected chi connectivity index (χ3v) is 4.62. The number of carbonyl (C=O) groups is 1. The molecule has 35 heavy (non-hydrogen) atoms. The van der Waals surface area contributed by atoms with Crippen LogP contribution in [0, 0.1) is 29.1 Å². The highest BCUT2D eigenvalue weighted by Gasteiger charge is 2.35. The van der Waals surface area contributed by atoms with Crippen LogP contribution in [0.3, 0.4) is 0 Å². The highest BCUT2D eigenvalue weighted by molar-refractivity contribution is 5.94. The lowest BCUT2D eigenvalue weighted by atomic mass is 10.1. The Hall–Kier alpha value is -4.36. The molecule has 0 saturated heterocycles. The van der Waals surface area contributed by atoms with Crippen molar-refractivity contribution in [2.24, 2.45) is 5.10 Å². The summed E-state index contributed by atoms with van der Waals surface area (Å²) in [6.07, 6.45) is -4.73. The molecule has 2 aromatic carbocycles. The molecule has 4 aromatic rings. The molecule has 0 aliphatic carbocycles. The van der Waals surface area contributed by atoms with Gasteiger partial charge in [-0.05, 0) is 6.07 Å². The van der Waals surface area contributed by atoms with E-state index in [2.05, 4.69) is 15.2 Å². The number of benzene rings is 2. The molecule has 0 bridgehead atoms. The summed E-state index contributed by atoms with van der Waals surface area (Å²) in [5.41, 5.74) is -1.66. The Morgan fingerprint density at radius 1 is 0.914 bits per heavy atom. The molecule has 0 unspecified atom stereocenters. The van der Waals surface area contributed by atoms with Gasteiger partial charge in [0.2, 0.25) is 5.82 Å². The van der Waals surface area contributed by atoms with Gasteiger partial charge in [0, 0.05) is 11.6 Å². The van der Waals surface area contributed by atoms with Crippen LogP contribution in [0.15, 0.2) is 47.6 Å². The lowest BCUT2D eigenvalue weighted by Gasteiger charge is -2.10. The minimum atomic E-state index is -4.88. The van der Waals surface area contributed by atoms with Crippen molar-refractivity contribution < 1.29 is 39.9 Å². The summed E-state index contributed by atoms with van der Waals surface area (Å²) in [4.78, 5) is 16.3. The van der Waals surface area contributed by atoms with E-state index in [0.717, 1.165) is 12.1 Å². The van der Waals surface area contributed by atoms with Crippen LogP contribution < -0.4 is 5.43 Å². The summed E-state index contributed by atoms with van der Waals surface area (Å²) in [5.74, 6) is -12.5. The number of hydrazone groups is 1. The summed E-state index contributed by atoms with van der Waals surface area (Å²) < 4.78 is 108. The maximum atomic E-state index is 13.7. The summed E-state index contributed by atoms with van der Waals surface area (Å²) >= 11 is 0. The van der Waals surface area contributed by atoms with Gasteiger partial charge in [-0.2, -0.15) is 23.4 Å². The first-order chi connectivity index (χ1) is 16.5. The van der Waals surface area contributed by atoms with Crippen LogP contribution in [0.2, 0.25) is 0 Å². The fourth-order valence-corrected chi connectivity index (χ4v) is 2.99. The van der Waals surface area contributed by atoms with E-state index in [1.165, 1.54) is 12.1 Å². The van der Waals surface area contributed by atoms with Gasteiger partial charge >= 0.3 is 6.18 Å². The minimum absolute atomic E-state index is 0.0541. The van der Waals surface area contributed by atoms with Crippen molar-refractivity contribution >= 4 is 17.8 Å². The van der Waals surface area contributed by atoms with Crippen LogP contribution in [0.4, 0.5) is 35.1 Å². The Bertz CT molecular complexity index is 1450. The van der Waals surface area contributed by atoms with Gasteiger partial charge in [0.25, 0.3) is 5.91 Å². The molecule has 0 radical (unpaired) electrons. The number of aromatic nitrogens is 3. The van der Waals surface area contributed by atoms with E-state index in [1.54, 1.807) is 23.6 Å². The van der Waals surface area contributed by atoms with Gasteiger partial charge in [0.05, 0.1) is 17.5 Å². The quantitative estimate of drug-likeness (QED) is 0.143. The molecular formula is C21H9F8N5O. The molecule has 0 aliphatic rings. The predicted octanol–water partition coefficient (Wildman–Crippen LogP) is 4.87. The van der Waals surface area contributed by atoms with E-state index < -0.39 is 58.1 Å². The molecule has 0 spiro atoms. The summed E-state index contributed by atoms with van der Waals surface area (Å²) in [6.45, 7) is 0. The Labute approximate surface area is 189 Å². The number of amides is 1. The predicted molar refractivity (Wildman–Crippen MR) is 105 cm³/mol. The highest BCUT2D eigenvalue weighted by Crippen LogP contribution is 2.32. The van der Waals surface area contributed by atoms with E-state index in [4.69, 9.17) is 0 Å². The standard InChI is InChI=1S/C21H9F8N5O/c22-15-10(16(23)18(25)19(26)17(15)24)8-30-32-20(35)12-7-14-31-11(9-4-2-1-3-5-9)6-13(21(27,28)29)34(14)33-12/h1-8H,(H,32,35)/b30-8-. The minimum Gasteiger partial charge on any atom is -0.265 e. The van der Waals surface area contributed by atoms with Crippen LogP contribution in [0.25, 0.3) is 16.9 Å². The molecule has 0 saturated carbocycles. The second-order valence-electron chi connectivity index (χ2n) is 6.87. The van der Waals surface area contributed by atoms with Crippen molar-refractivity contribution in [2.45, 2.75) is 6.18 Å². The smallest absolute Gasteiger partial charge is 0.265 e. The van der Waals surface area contributed by atoms with Gasteiger partial charge in [0.15, 0.2) is 40.3 Å². The van der Waals surface area contributed by atoms with Gasteiger partial charge in [-0.1, -0.05) is 30.3 Å². The van der Waals surface area contributed by atoms with Crippen LogP contribution >= 0.6 is 0 Å². The number of rotatable bonds is 4. The fourth-order valence-electron chi connectivity index (χ4n) is 2.99. The average molecular weight is 499 g/mol. The van der Waals surface area contributed by atoms with Crippen molar-refractivity contribution in [3.63, 3.8) is 0 Å². The van der Waals surface area contributed by atoms with Gasteiger partial charge in [0.1, 0.15) is 0 Å². The number of halogens is 8. The number of nitrogens with one attached hydrogen (secondary N) is 1. The molecule has 0 fully saturated rings. The van der Waals surface area contributed by atoms with E-state index in [9.17, 15) is 39.9 Å². The first-order valence-corrected chi connectivity index (χ1v) is 9.37. The molecule has 1 amide bonds. The molecule has 180 valence electrons. The number of fused-ring (bicyclic) bond motifs is 1. The lowest BCUT2D eigenvalue weighted by Crippen LogP contribution is -2.19. The van der Waals surface area contributed by atoms with Crippen molar-refractivity contribution in [3.05, 3.63) is 88.5 Å². The highest BCUT2D eigenvalue weighted by atomic mass is 19.4. The van der Waals surface area contributed by atoms with Gasteiger partial charge in [-0.25, -0.2) is 36.9 Å². The zero-order chi connectivity index (χ0) is 25.5. The molecular weight excluding hydrogens is 490 g/mol.